The van der Waals surface area contributed by atoms with E-state index in [1.54, 1.807) is 0 Å². The molecule has 7 fully saturated rings. The Hall–Kier alpha value is -0.470. The standard InChI is InChI=1S/C36H54NO2P/c1-3-13-27(14-4-1)31-21-22-32(28-15-5-2-6-16-28)37(31)40-38-33-23-19-25-11-7-9-17-29(25)35(33)36-30-18-10-8-12-26(30)20-24-34(36)39-40/h1,3-4,13-14,25-26,28-36H,2,5-12,15-24H2/t25?,26?,29?,30?,31-,32-,33?,34?,35?,36?,40?/m1/s1. The van der Waals surface area contributed by atoms with E-state index in [0.29, 0.717) is 24.3 Å². The molecule has 0 aromatic heterocycles. The van der Waals surface area contributed by atoms with Crippen LogP contribution in [0.4, 0.5) is 0 Å². The van der Waals surface area contributed by atoms with Crippen molar-refractivity contribution < 1.29 is 9.05 Å². The molecule has 40 heavy (non-hydrogen) atoms. The van der Waals surface area contributed by atoms with Crippen LogP contribution in [0.25, 0.3) is 0 Å². The highest BCUT2D eigenvalue weighted by Crippen LogP contribution is 2.66. The van der Waals surface area contributed by atoms with Gasteiger partial charge in [-0.2, -0.15) is 0 Å². The van der Waals surface area contributed by atoms with Crippen molar-refractivity contribution in [2.75, 3.05) is 0 Å². The number of fused-ring (bicyclic) bond motifs is 7. The maximum absolute atomic E-state index is 7.56. The van der Waals surface area contributed by atoms with Gasteiger partial charge in [-0.3, -0.25) is 0 Å². The first kappa shape index (κ1) is 27.1. The van der Waals surface area contributed by atoms with E-state index in [0.717, 1.165) is 41.4 Å². The Kier molecular flexibility index (Phi) is 8.06. The monoisotopic (exact) mass is 563 g/mol. The SMILES string of the molecule is c1ccc([C@H]2CC[C@H](C3CCCCC3)N2P2OC3CCC4CCCCC4C3C3C(CCC4CCCCC43)O2)cc1. The molecule has 7 aliphatic rings. The van der Waals surface area contributed by atoms with Crippen molar-refractivity contribution in [3.63, 3.8) is 0 Å². The predicted octanol–water partition coefficient (Wildman–Crippen LogP) is 10.2. The molecule has 4 heteroatoms. The third-order valence-corrected chi connectivity index (χ3v) is 15.1. The third kappa shape index (κ3) is 4.96. The van der Waals surface area contributed by atoms with Crippen molar-refractivity contribution in [2.45, 2.75) is 146 Å². The van der Waals surface area contributed by atoms with Crippen molar-refractivity contribution in [1.82, 2.24) is 4.67 Å². The summed E-state index contributed by atoms with van der Waals surface area (Å²) in [5, 5.41) is 0. The van der Waals surface area contributed by atoms with Gasteiger partial charge < -0.3 is 9.05 Å². The summed E-state index contributed by atoms with van der Waals surface area (Å²) >= 11 is 0. The molecule has 3 nitrogen and oxygen atoms in total. The van der Waals surface area contributed by atoms with Crippen LogP contribution in [0.5, 0.6) is 0 Å². The van der Waals surface area contributed by atoms with E-state index < -0.39 is 8.53 Å². The Morgan fingerprint density at radius 3 is 1.70 bits per heavy atom. The zero-order valence-electron chi connectivity index (χ0n) is 24.9. The molecule has 220 valence electrons. The van der Waals surface area contributed by atoms with Crippen LogP contribution < -0.4 is 0 Å². The van der Waals surface area contributed by atoms with Crippen molar-refractivity contribution in [1.29, 1.82) is 0 Å². The molecule has 1 aromatic carbocycles. The van der Waals surface area contributed by atoms with E-state index in [1.807, 2.05) is 0 Å². The molecule has 0 radical (unpaired) electrons. The fourth-order valence-electron chi connectivity index (χ4n) is 11.6. The van der Waals surface area contributed by atoms with Crippen molar-refractivity contribution in [3.05, 3.63) is 35.9 Å². The van der Waals surface area contributed by atoms with Gasteiger partial charge in [0.2, 0.25) is 0 Å². The van der Waals surface area contributed by atoms with Crippen LogP contribution in [0.1, 0.15) is 134 Å². The molecule has 0 spiro atoms. The average Bonchev–Trinajstić information content (AvgIpc) is 3.39. The molecule has 2 aliphatic heterocycles. The lowest BCUT2D eigenvalue weighted by atomic mass is 9.53. The summed E-state index contributed by atoms with van der Waals surface area (Å²) in [6.45, 7) is 0. The Morgan fingerprint density at radius 2 is 1.07 bits per heavy atom. The number of rotatable bonds is 3. The van der Waals surface area contributed by atoms with Gasteiger partial charge in [0.05, 0.1) is 12.2 Å². The summed E-state index contributed by atoms with van der Waals surface area (Å²) in [5.74, 6) is 6.07. The lowest BCUT2D eigenvalue weighted by molar-refractivity contribution is -0.0856. The Bertz CT molecular complexity index is 942. The number of hydrogen-bond acceptors (Lipinski definition) is 3. The van der Waals surface area contributed by atoms with Crippen LogP contribution in [0.15, 0.2) is 30.3 Å². The van der Waals surface area contributed by atoms with Crippen molar-refractivity contribution >= 4 is 8.53 Å². The molecule has 0 N–H and O–H groups in total. The van der Waals surface area contributed by atoms with E-state index in [-0.39, 0.29) is 0 Å². The highest BCUT2D eigenvalue weighted by Gasteiger charge is 2.57. The molecule has 10 atom stereocenters. The molecule has 0 bridgehead atoms. The summed E-state index contributed by atoms with van der Waals surface area (Å²) in [5.41, 5.74) is 1.50. The summed E-state index contributed by atoms with van der Waals surface area (Å²) < 4.78 is 18.0. The Balaban J connectivity index is 1.16. The van der Waals surface area contributed by atoms with Crippen LogP contribution in [-0.4, -0.2) is 22.9 Å². The first-order chi connectivity index (χ1) is 19.8. The molecule has 8 unspecified atom stereocenters. The summed E-state index contributed by atoms with van der Waals surface area (Å²) in [4.78, 5) is 0. The maximum atomic E-state index is 7.56. The first-order valence-corrected chi connectivity index (χ1v) is 18.9. The van der Waals surface area contributed by atoms with Crippen LogP contribution in [-0.2, 0) is 9.05 Å². The fourth-order valence-corrected chi connectivity index (χ4v) is 13.8. The van der Waals surface area contributed by atoms with E-state index in [9.17, 15) is 0 Å². The Labute approximate surface area is 245 Å². The highest BCUT2D eigenvalue weighted by atomic mass is 31.2. The van der Waals surface area contributed by atoms with Gasteiger partial charge in [0.1, 0.15) is 0 Å². The first-order valence-electron chi connectivity index (χ1n) is 17.8. The van der Waals surface area contributed by atoms with Crippen LogP contribution in [0.3, 0.4) is 0 Å². The number of nitrogens with zero attached hydrogens (tertiary/aromatic N) is 1. The van der Waals surface area contributed by atoms with Gasteiger partial charge in [0, 0.05) is 12.1 Å². The molecular formula is C36H54NO2P. The summed E-state index contributed by atoms with van der Waals surface area (Å²) in [7, 11) is -1.03. The fraction of sp³-hybridized carbons (Fsp3) is 0.833. The number of hydrogen-bond donors (Lipinski definition) is 0. The zero-order chi connectivity index (χ0) is 26.5. The van der Waals surface area contributed by atoms with Gasteiger partial charge in [0.15, 0.2) is 0 Å². The topological polar surface area (TPSA) is 21.7 Å². The van der Waals surface area contributed by atoms with Gasteiger partial charge in [-0.25, -0.2) is 4.67 Å². The van der Waals surface area contributed by atoms with Crippen molar-refractivity contribution in [2.24, 2.45) is 41.4 Å². The van der Waals surface area contributed by atoms with Crippen LogP contribution in [0, 0.1) is 41.4 Å². The zero-order valence-corrected chi connectivity index (χ0v) is 25.8. The molecular weight excluding hydrogens is 509 g/mol. The second kappa shape index (κ2) is 11.9. The van der Waals surface area contributed by atoms with Crippen LogP contribution in [0.2, 0.25) is 0 Å². The summed E-state index contributed by atoms with van der Waals surface area (Å²) in [6.07, 6.45) is 27.8. The van der Waals surface area contributed by atoms with E-state index >= 15 is 0 Å². The van der Waals surface area contributed by atoms with Gasteiger partial charge >= 0.3 is 0 Å². The second-order valence-electron chi connectivity index (χ2n) is 15.1. The largest absolute Gasteiger partial charge is 0.318 e. The van der Waals surface area contributed by atoms with Gasteiger partial charge in [-0.1, -0.05) is 88.1 Å². The molecule has 0 amide bonds. The quantitative estimate of drug-likeness (QED) is 0.342. The molecule has 5 aliphatic carbocycles. The van der Waals surface area contributed by atoms with Gasteiger partial charge in [-0.15, -0.1) is 0 Å². The van der Waals surface area contributed by atoms with E-state index in [2.05, 4.69) is 35.0 Å². The van der Waals surface area contributed by atoms with Crippen molar-refractivity contribution in [3.8, 4) is 0 Å². The maximum Gasteiger partial charge on any atom is 0.260 e. The molecule has 8 rings (SSSR count). The van der Waals surface area contributed by atoms with Crippen LogP contribution >= 0.6 is 8.53 Å². The minimum atomic E-state index is -1.03. The van der Waals surface area contributed by atoms with Gasteiger partial charge in [0.25, 0.3) is 8.53 Å². The normalized spacial score (nSPS) is 46.5. The van der Waals surface area contributed by atoms with Gasteiger partial charge in [-0.05, 0) is 111 Å². The lowest BCUT2D eigenvalue weighted by Crippen LogP contribution is -2.51. The minimum absolute atomic E-state index is 0.435. The molecule has 1 aromatic rings. The average molecular weight is 564 g/mol. The molecule has 5 saturated carbocycles. The molecule has 2 heterocycles. The molecule has 2 saturated heterocycles. The highest BCUT2D eigenvalue weighted by molar-refractivity contribution is 7.44. The predicted molar refractivity (Wildman–Crippen MR) is 164 cm³/mol. The summed E-state index contributed by atoms with van der Waals surface area (Å²) in [6, 6.07) is 12.6. The van der Waals surface area contributed by atoms with E-state index in [4.69, 9.17) is 9.05 Å². The Morgan fingerprint density at radius 1 is 0.525 bits per heavy atom. The minimum Gasteiger partial charge on any atom is -0.318 e. The van der Waals surface area contributed by atoms with E-state index in [1.165, 1.54) is 128 Å². The smallest absolute Gasteiger partial charge is 0.260 e. The third-order valence-electron chi connectivity index (χ3n) is 13.3. The second-order valence-corrected chi connectivity index (χ2v) is 16.5. The number of benzene rings is 1. The lowest BCUT2D eigenvalue weighted by Gasteiger charge is -2.53.